The Morgan fingerprint density at radius 3 is 2.71 bits per heavy atom. The van der Waals surface area contributed by atoms with E-state index in [9.17, 15) is 0 Å². The summed E-state index contributed by atoms with van der Waals surface area (Å²) in [5, 5.41) is 0. The molecule has 0 radical (unpaired) electrons. The van der Waals surface area contributed by atoms with Crippen LogP contribution in [0.1, 0.15) is 19.3 Å². The Bertz CT molecular complexity index is 76.2. The van der Waals surface area contributed by atoms with Crippen LogP contribution in [0.15, 0.2) is 12.2 Å². The van der Waals surface area contributed by atoms with Gasteiger partial charge in [0.05, 0.1) is 0 Å². The monoisotopic (exact) mass is 94.1 g/mol. The fourth-order valence-corrected chi connectivity index (χ4v) is 0.982. The summed E-state index contributed by atoms with van der Waals surface area (Å²) >= 11 is 0. The van der Waals surface area contributed by atoms with Crippen molar-refractivity contribution in [3.05, 3.63) is 12.2 Å². The molecule has 1 heteroatoms. The maximum absolute atomic E-state index is 2.31. The lowest BCUT2D eigenvalue weighted by atomic mass is 9.80. The Balaban J connectivity index is 2.36. The van der Waals surface area contributed by atoms with Crippen LogP contribution in [0.2, 0.25) is 5.82 Å². The summed E-state index contributed by atoms with van der Waals surface area (Å²) in [6.07, 6.45) is 8.70. The van der Waals surface area contributed by atoms with Crippen LogP contribution in [0.25, 0.3) is 0 Å². The molecule has 0 spiro atoms. The first-order valence-corrected chi connectivity index (χ1v) is 3.06. The molecule has 1 unspecified atom stereocenters. The van der Waals surface area contributed by atoms with E-state index in [2.05, 4.69) is 20.0 Å². The van der Waals surface area contributed by atoms with Crippen molar-refractivity contribution in [1.29, 1.82) is 0 Å². The number of hydrogen-bond acceptors (Lipinski definition) is 0. The molecule has 0 N–H and O–H groups in total. The maximum Gasteiger partial charge on any atom is 0.110 e. The molecule has 0 aromatic heterocycles. The van der Waals surface area contributed by atoms with E-state index in [1.807, 2.05) is 0 Å². The van der Waals surface area contributed by atoms with Gasteiger partial charge in [-0.1, -0.05) is 24.4 Å². The summed E-state index contributed by atoms with van der Waals surface area (Å²) in [5.41, 5.74) is 0. The molecule has 0 saturated heterocycles. The maximum atomic E-state index is 2.31. The Morgan fingerprint density at radius 1 is 1.57 bits per heavy atom. The zero-order valence-corrected chi connectivity index (χ0v) is 4.85. The van der Waals surface area contributed by atoms with Gasteiger partial charge >= 0.3 is 0 Å². The van der Waals surface area contributed by atoms with E-state index in [-0.39, 0.29) is 0 Å². The summed E-state index contributed by atoms with van der Waals surface area (Å²) in [5.74, 6) is 0.855. The van der Waals surface area contributed by atoms with Crippen molar-refractivity contribution in [3.63, 3.8) is 0 Å². The van der Waals surface area contributed by atoms with Gasteiger partial charge in [-0.05, 0) is 12.8 Å². The van der Waals surface area contributed by atoms with Gasteiger partial charge < -0.3 is 0 Å². The lowest BCUT2D eigenvalue weighted by molar-refractivity contribution is 0.729. The number of allylic oxidation sites excluding steroid dienone is 2. The topological polar surface area (TPSA) is 0 Å². The van der Waals surface area contributed by atoms with Crippen molar-refractivity contribution in [2.75, 3.05) is 0 Å². The van der Waals surface area contributed by atoms with Crippen molar-refractivity contribution in [1.82, 2.24) is 0 Å². The first-order chi connectivity index (χ1) is 3.39. The van der Waals surface area contributed by atoms with E-state index in [0.717, 1.165) is 5.82 Å². The highest BCUT2D eigenvalue weighted by molar-refractivity contribution is 6.12. The molecule has 0 aromatic carbocycles. The fraction of sp³-hybridized carbons (Fsp3) is 0.667. The van der Waals surface area contributed by atoms with E-state index in [1.165, 1.54) is 19.3 Å². The predicted molar refractivity (Wildman–Crippen MR) is 35.3 cm³/mol. The third-order valence-corrected chi connectivity index (χ3v) is 1.49. The molecule has 1 rings (SSSR count). The molecule has 1 aliphatic rings. The first kappa shape index (κ1) is 4.95. The molecule has 1 aliphatic carbocycles. The second kappa shape index (κ2) is 2.20. The van der Waals surface area contributed by atoms with Crippen molar-refractivity contribution in [2.24, 2.45) is 0 Å². The van der Waals surface area contributed by atoms with Crippen LogP contribution in [0, 0.1) is 0 Å². The highest BCUT2D eigenvalue weighted by atomic mass is 14.0. The molecule has 0 aromatic rings. The highest BCUT2D eigenvalue weighted by Gasteiger charge is 1.99. The second-order valence-corrected chi connectivity index (χ2v) is 2.34. The van der Waals surface area contributed by atoms with Crippen molar-refractivity contribution < 1.29 is 0 Å². The van der Waals surface area contributed by atoms with Crippen LogP contribution in [-0.4, -0.2) is 7.85 Å². The van der Waals surface area contributed by atoms with Crippen molar-refractivity contribution in [2.45, 2.75) is 25.1 Å². The molecule has 38 valence electrons. The standard InChI is InChI=1S/C6H11B/c7-6-4-2-1-3-5-6/h2,4,6H,1,3,5,7H2. The average molecular weight is 94.0 g/mol. The second-order valence-electron chi connectivity index (χ2n) is 2.34. The zero-order valence-electron chi connectivity index (χ0n) is 4.85. The van der Waals surface area contributed by atoms with Crippen LogP contribution >= 0.6 is 0 Å². The molecule has 0 bridgehead atoms. The Morgan fingerprint density at radius 2 is 2.43 bits per heavy atom. The highest BCUT2D eigenvalue weighted by Crippen LogP contribution is 2.17. The number of hydrogen-bond donors (Lipinski definition) is 0. The minimum Gasteiger partial charge on any atom is -0.0934 e. The van der Waals surface area contributed by atoms with Gasteiger partial charge in [-0.25, -0.2) is 0 Å². The third-order valence-electron chi connectivity index (χ3n) is 1.49. The van der Waals surface area contributed by atoms with Gasteiger partial charge in [0.25, 0.3) is 0 Å². The molecule has 0 saturated carbocycles. The van der Waals surface area contributed by atoms with Gasteiger partial charge in [0.2, 0.25) is 0 Å². The molecule has 0 fully saturated rings. The van der Waals surface area contributed by atoms with Gasteiger partial charge in [0, 0.05) is 0 Å². The third kappa shape index (κ3) is 1.38. The van der Waals surface area contributed by atoms with E-state index in [0.29, 0.717) is 0 Å². The van der Waals surface area contributed by atoms with Crippen molar-refractivity contribution >= 4 is 7.85 Å². The van der Waals surface area contributed by atoms with Gasteiger partial charge in [0.15, 0.2) is 0 Å². The van der Waals surface area contributed by atoms with Crippen molar-refractivity contribution in [3.8, 4) is 0 Å². The van der Waals surface area contributed by atoms with Gasteiger partial charge in [-0.3, -0.25) is 0 Å². The lowest BCUT2D eigenvalue weighted by Gasteiger charge is -2.08. The van der Waals surface area contributed by atoms with Gasteiger partial charge in [-0.15, -0.1) is 0 Å². The zero-order chi connectivity index (χ0) is 5.11. The molecule has 0 aliphatic heterocycles. The van der Waals surface area contributed by atoms with E-state index in [1.54, 1.807) is 0 Å². The summed E-state index contributed by atoms with van der Waals surface area (Å²) in [4.78, 5) is 0. The smallest absolute Gasteiger partial charge is 0.0934 e. The SMILES string of the molecule is BC1C=CCCC1. The van der Waals surface area contributed by atoms with E-state index < -0.39 is 0 Å². The average Bonchev–Trinajstić information content (AvgIpc) is 1.69. The number of rotatable bonds is 0. The lowest BCUT2D eigenvalue weighted by Crippen LogP contribution is -1.91. The van der Waals surface area contributed by atoms with E-state index >= 15 is 0 Å². The molecule has 0 nitrogen and oxygen atoms in total. The predicted octanol–water partition coefficient (Wildman–Crippen LogP) is 1.15. The molecule has 0 amide bonds. The molecule has 1 atom stereocenters. The minimum absolute atomic E-state index is 0.855. The minimum atomic E-state index is 0.855. The Hall–Kier alpha value is -0.195. The van der Waals surface area contributed by atoms with Crippen LogP contribution in [-0.2, 0) is 0 Å². The molecule has 7 heavy (non-hydrogen) atoms. The summed E-state index contributed by atoms with van der Waals surface area (Å²) in [7, 11) is 2.27. The fourth-order valence-electron chi connectivity index (χ4n) is 0.982. The molecule has 0 heterocycles. The molecular formula is C6H11B. The van der Waals surface area contributed by atoms with Gasteiger partial charge in [-0.2, -0.15) is 0 Å². The normalized spacial score (nSPS) is 30.6. The van der Waals surface area contributed by atoms with Gasteiger partial charge in [0.1, 0.15) is 7.85 Å². The summed E-state index contributed by atoms with van der Waals surface area (Å²) in [6, 6.07) is 0. The van der Waals surface area contributed by atoms with Crippen LogP contribution < -0.4 is 0 Å². The largest absolute Gasteiger partial charge is 0.110 e. The quantitative estimate of drug-likeness (QED) is 0.312. The van der Waals surface area contributed by atoms with E-state index in [4.69, 9.17) is 0 Å². The Kier molecular flexibility index (Phi) is 1.56. The summed E-state index contributed by atoms with van der Waals surface area (Å²) in [6.45, 7) is 0. The first-order valence-electron chi connectivity index (χ1n) is 3.06. The summed E-state index contributed by atoms with van der Waals surface area (Å²) < 4.78 is 0. The molecular weight excluding hydrogens is 82.9 g/mol. The Labute approximate surface area is 46.0 Å². The van der Waals surface area contributed by atoms with Crippen LogP contribution in [0.4, 0.5) is 0 Å². The van der Waals surface area contributed by atoms with Crippen LogP contribution in [0.3, 0.4) is 0 Å². The van der Waals surface area contributed by atoms with Crippen LogP contribution in [0.5, 0.6) is 0 Å².